The number of halogens is 1. The molecule has 1 amide bonds. The Morgan fingerprint density at radius 3 is 2.69 bits per heavy atom. The predicted octanol–water partition coefficient (Wildman–Crippen LogP) is 3.21. The highest BCUT2D eigenvalue weighted by Crippen LogP contribution is 2.20. The average molecular weight is 394 g/mol. The van der Waals surface area contributed by atoms with Crippen molar-refractivity contribution in [2.75, 3.05) is 12.4 Å². The molecule has 1 aliphatic rings. The molecule has 148 valence electrons. The van der Waals surface area contributed by atoms with Gasteiger partial charge in [0.25, 0.3) is 5.91 Å². The Morgan fingerprint density at radius 1 is 1.21 bits per heavy atom. The van der Waals surface area contributed by atoms with Crippen LogP contribution in [0.3, 0.4) is 0 Å². The van der Waals surface area contributed by atoms with Crippen LogP contribution in [0.1, 0.15) is 17.5 Å². The largest absolute Gasteiger partial charge is 0.497 e. The van der Waals surface area contributed by atoms with Gasteiger partial charge in [-0.15, -0.1) is 0 Å². The number of methoxy groups -OCH3 is 1. The Labute approximate surface area is 166 Å². The number of rotatable bonds is 6. The number of oxime groups is 1. The zero-order valence-electron chi connectivity index (χ0n) is 15.7. The smallest absolute Gasteiger partial charge is 0.269 e. The second-order valence-corrected chi connectivity index (χ2v) is 6.58. The summed E-state index contributed by atoms with van der Waals surface area (Å²) in [6.45, 7) is 0.473. The Bertz CT molecular complexity index is 1030. The van der Waals surface area contributed by atoms with Crippen molar-refractivity contribution in [1.29, 1.82) is 0 Å². The maximum atomic E-state index is 13.0. The molecule has 29 heavy (non-hydrogen) atoms. The molecule has 0 saturated carbocycles. The highest BCUT2D eigenvalue weighted by molar-refractivity contribution is 6.06. The number of amides is 1. The number of hydrogen-bond acceptors (Lipinski definition) is 5. The lowest BCUT2D eigenvalue weighted by atomic mass is 10.0. The van der Waals surface area contributed by atoms with Crippen molar-refractivity contribution in [2.45, 2.75) is 19.1 Å². The number of ether oxygens (including phenoxy) is 1. The molecule has 0 fully saturated rings. The molecular formula is C21H19FN4O3. The van der Waals surface area contributed by atoms with Crippen molar-refractivity contribution in [3.63, 3.8) is 0 Å². The zero-order valence-corrected chi connectivity index (χ0v) is 15.7. The maximum absolute atomic E-state index is 13.0. The van der Waals surface area contributed by atoms with Crippen LogP contribution < -0.4 is 10.1 Å². The van der Waals surface area contributed by atoms with Gasteiger partial charge in [-0.05, 0) is 47.5 Å². The van der Waals surface area contributed by atoms with Gasteiger partial charge >= 0.3 is 0 Å². The summed E-state index contributed by atoms with van der Waals surface area (Å²) in [5.41, 5.74) is 2.49. The van der Waals surface area contributed by atoms with Crippen LogP contribution in [-0.4, -0.2) is 34.6 Å². The van der Waals surface area contributed by atoms with E-state index < -0.39 is 6.10 Å². The van der Waals surface area contributed by atoms with Crippen LogP contribution in [0.15, 0.2) is 65.9 Å². The number of carbonyl (C=O) groups is 1. The van der Waals surface area contributed by atoms with E-state index in [4.69, 9.17) is 9.57 Å². The summed E-state index contributed by atoms with van der Waals surface area (Å²) in [5.74, 6) is 0.566. The topological polar surface area (TPSA) is 77.7 Å². The second-order valence-electron chi connectivity index (χ2n) is 6.58. The van der Waals surface area contributed by atoms with E-state index in [9.17, 15) is 9.18 Å². The normalized spacial score (nSPS) is 15.5. The summed E-state index contributed by atoms with van der Waals surface area (Å²) >= 11 is 0. The Morgan fingerprint density at radius 2 is 1.97 bits per heavy atom. The van der Waals surface area contributed by atoms with Crippen LogP contribution >= 0.6 is 0 Å². The van der Waals surface area contributed by atoms with Gasteiger partial charge in [-0.3, -0.25) is 9.48 Å². The fraction of sp³-hybridized carbons (Fsp3) is 0.190. The molecular weight excluding hydrogens is 375 g/mol. The van der Waals surface area contributed by atoms with E-state index in [1.54, 1.807) is 36.2 Å². The molecule has 0 saturated heterocycles. The van der Waals surface area contributed by atoms with Crippen molar-refractivity contribution in [3.05, 3.63) is 77.7 Å². The molecule has 0 radical (unpaired) electrons. The summed E-state index contributed by atoms with van der Waals surface area (Å²) in [7, 11) is 1.60. The molecule has 1 aliphatic heterocycles. The highest BCUT2D eigenvalue weighted by atomic mass is 19.1. The lowest BCUT2D eigenvalue weighted by molar-refractivity contribution is -0.125. The van der Waals surface area contributed by atoms with Crippen molar-refractivity contribution in [3.8, 4) is 5.75 Å². The van der Waals surface area contributed by atoms with Crippen LogP contribution in [0.2, 0.25) is 0 Å². The Hall–Kier alpha value is -3.68. The quantitative estimate of drug-likeness (QED) is 0.696. The third-order valence-corrected chi connectivity index (χ3v) is 4.53. The highest BCUT2D eigenvalue weighted by Gasteiger charge is 2.29. The first kappa shape index (κ1) is 18.7. The van der Waals surface area contributed by atoms with Gasteiger partial charge in [0.1, 0.15) is 11.6 Å². The van der Waals surface area contributed by atoms with E-state index in [1.165, 1.54) is 12.1 Å². The number of aromatic nitrogens is 2. The third kappa shape index (κ3) is 4.43. The lowest BCUT2D eigenvalue weighted by Crippen LogP contribution is -2.28. The van der Waals surface area contributed by atoms with Gasteiger partial charge in [-0.25, -0.2) is 4.39 Å². The van der Waals surface area contributed by atoms with Crippen LogP contribution in [0, 0.1) is 5.82 Å². The number of hydrogen-bond donors (Lipinski definition) is 1. The first-order chi connectivity index (χ1) is 14.1. The minimum atomic E-state index is -0.714. The maximum Gasteiger partial charge on any atom is 0.269 e. The number of anilines is 1. The summed E-state index contributed by atoms with van der Waals surface area (Å²) in [6.07, 6.45) is 1.40. The monoisotopic (exact) mass is 394 g/mol. The van der Waals surface area contributed by atoms with Crippen molar-refractivity contribution < 1.29 is 18.8 Å². The fourth-order valence-electron chi connectivity index (χ4n) is 2.97. The van der Waals surface area contributed by atoms with Crippen molar-refractivity contribution in [1.82, 2.24) is 9.78 Å². The lowest BCUT2D eigenvalue weighted by Gasteiger charge is -2.07. The van der Waals surface area contributed by atoms with Gasteiger partial charge in [0.05, 0.1) is 19.4 Å². The van der Waals surface area contributed by atoms with Gasteiger partial charge in [-0.1, -0.05) is 17.3 Å². The third-order valence-electron chi connectivity index (χ3n) is 4.53. The van der Waals surface area contributed by atoms with Crippen molar-refractivity contribution >= 4 is 17.4 Å². The molecule has 1 atom stereocenters. The SMILES string of the molecule is COc1ccc(C2=NO[C@@H](C(=O)Nc3ccn(Cc4ccc(F)cc4)n3)C2)cc1. The van der Waals surface area contributed by atoms with Crippen LogP contribution in [0.4, 0.5) is 10.2 Å². The standard InChI is InChI=1S/C21H19FN4O3/c1-28-17-8-4-15(5-9-17)18-12-19(29-25-18)21(27)23-20-10-11-26(24-20)13-14-2-6-16(22)7-3-14/h2-11,19H,12-13H2,1H3,(H,23,24,27)/t19-/m1/s1. The number of carbonyl (C=O) groups excluding carboxylic acids is 1. The average Bonchev–Trinajstić information content (AvgIpc) is 3.40. The Balaban J connectivity index is 1.33. The van der Waals surface area contributed by atoms with Gasteiger partial charge in [-0.2, -0.15) is 5.10 Å². The molecule has 4 rings (SSSR count). The molecule has 1 aromatic heterocycles. The van der Waals surface area contributed by atoms with Gasteiger partial charge < -0.3 is 14.9 Å². The van der Waals surface area contributed by atoms with Gasteiger partial charge in [0, 0.05) is 18.7 Å². The molecule has 0 bridgehead atoms. The van der Waals surface area contributed by atoms with Crippen LogP contribution in [-0.2, 0) is 16.2 Å². The molecule has 7 nitrogen and oxygen atoms in total. The second kappa shape index (κ2) is 8.14. The van der Waals surface area contributed by atoms with Gasteiger partial charge in [0.15, 0.2) is 5.82 Å². The zero-order chi connectivity index (χ0) is 20.2. The number of benzene rings is 2. The summed E-state index contributed by atoms with van der Waals surface area (Å²) in [5, 5.41) is 11.1. The summed E-state index contributed by atoms with van der Waals surface area (Å²) in [4.78, 5) is 17.8. The van der Waals surface area contributed by atoms with Crippen LogP contribution in [0.25, 0.3) is 0 Å². The molecule has 1 N–H and O–H groups in total. The molecule has 3 aromatic rings. The van der Waals surface area contributed by atoms with E-state index in [1.807, 2.05) is 24.3 Å². The van der Waals surface area contributed by atoms with E-state index in [0.29, 0.717) is 24.5 Å². The van der Waals surface area contributed by atoms with E-state index in [-0.39, 0.29) is 11.7 Å². The molecule has 0 unspecified atom stereocenters. The molecule has 2 aromatic carbocycles. The van der Waals surface area contributed by atoms with Crippen molar-refractivity contribution in [2.24, 2.45) is 5.16 Å². The minimum Gasteiger partial charge on any atom is -0.497 e. The first-order valence-corrected chi connectivity index (χ1v) is 9.06. The number of nitrogens with one attached hydrogen (secondary N) is 1. The summed E-state index contributed by atoms with van der Waals surface area (Å²) < 4.78 is 19.8. The molecule has 8 heteroatoms. The molecule has 0 aliphatic carbocycles. The minimum absolute atomic E-state index is 0.282. The predicted molar refractivity (Wildman–Crippen MR) is 105 cm³/mol. The first-order valence-electron chi connectivity index (χ1n) is 9.06. The Kier molecular flexibility index (Phi) is 5.24. The molecule has 2 heterocycles. The fourth-order valence-corrected chi connectivity index (χ4v) is 2.97. The van der Waals surface area contributed by atoms with E-state index in [0.717, 1.165) is 16.9 Å². The molecule has 0 spiro atoms. The summed E-state index contributed by atoms with van der Waals surface area (Å²) in [6, 6.07) is 15.3. The van der Waals surface area contributed by atoms with Gasteiger partial charge in [0.2, 0.25) is 6.10 Å². The van der Waals surface area contributed by atoms with E-state index >= 15 is 0 Å². The number of nitrogens with zero attached hydrogens (tertiary/aromatic N) is 3. The van der Waals surface area contributed by atoms with Crippen LogP contribution in [0.5, 0.6) is 5.75 Å². The van der Waals surface area contributed by atoms with E-state index in [2.05, 4.69) is 15.6 Å².